The van der Waals surface area contributed by atoms with Crippen LogP contribution in [0.1, 0.15) is 11.3 Å². The van der Waals surface area contributed by atoms with Gasteiger partial charge in [0.25, 0.3) is 5.91 Å². The van der Waals surface area contributed by atoms with E-state index in [9.17, 15) is 4.79 Å². The van der Waals surface area contributed by atoms with Crippen molar-refractivity contribution in [2.75, 3.05) is 6.61 Å². The maximum atomic E-state index is 11.8. The highest BCUT2D eigenvalue weighted by atomic mass is 35.5. The molecule has 3 aromatic rings. The van der Waals surface area contributed by atoms with Crippen molar-refractivity contribution in [2.45, 2.75) is 6.92 Å². The molecule has 1 heterocycles. The molecular formula is C20H16Cl2N2O3. The molecule has 2 aromatic carbocycles. The molecule has 0 atom stereocenters. The van der Waals surface area contributed by atoms with Gasteiger partial charge in [-0.1, -0.05) is 35.3 Å². The molecule has 0 fully saturated rings. The number of furan rings is 1. The molecule has 0 spiro atoms. The maximum absolute atomic E-state index is 11.8. The number of hydrazone groups is 1. The van der Waals surface area contributed by atoms with E-state index in [1.54, 1.807) is 42.5 Å². The van der Waals surface area contributed by atoms with Gasteiger partial charge >= 0.3 is 0 Å². The molecule has 1 N–H and O–H groups in total. The Morgan fingerprint density at radius 1 is 1.15 bits per heavy atom. The lowest BCUT2D eigenvalue weighted by Gasteiger charge is -2.08. The lowest BCUT2D eigenvalue weighted by molar-refractivity contribution is -0.123. The van der Waals surface area contributed by atoms with E-state index in [0.29, 0.717) is 27.3 Å². The SMILES string of the molecule is Cc1cc(Cl)ccc1OCC(=O)N/N=C/c1ccc(-c2cccc(Cl)c2)o1. The summed E-state index contributed by atoms with van der Waals surface area (Å²) in [6.45, 7) is 1.69. The fourth-order valence-corrected chi connectivity index (χ4v) is 2.75. The van der Waals surface area contributed by atoms with Crippen molar-refractivity contribution in [1.29, 1.82) is 0 Å². The summed E-state index contributed by atoms with van der Waals surface area (Å²) >= 11 is 11.9. The van der Waals surface area contributed by atoms with Gasteiger partial charge in [0.1, 0.15) is 17.3 Å². The van der Waals surface area contributed by atoms with Gasteiger partial charge < -0.3 is 9.15 Å². The molecule has 0 aliphatic carbocycles. The normalized spacial score (nSPS) is 10.9. The van der Waals surface area contributed by atoms with Crippen molar-refractivity contribution in [3.8, 4) is 17.1 Å². The first-order chi connectivity index (χ1) is 13.0. The molecule has 138 valence electrons. The zero-order valence-electron chi connectivity index (χ0n) is 14.4. The van der Waals surface area contributed by atoms with Gasteiger partial charge in [0.2, 0.25) is 0 Å². The summed E-state index contributed by atoms with van der Waals surface area (Å²) in [5.74, 6) is 1.37. The van der Waals surface area contributed by atoms with E-state index in [1.807, 2.05) is 19.1 Å². The Morgan fingerprint density at radius 3 is 2.74 bits per heavy atom. The smallest absolute Gasteiger partial charge is 0.277 e. The molecule has 0 aliphatic rings. The van der Waals surface area contributed by atoms with Crippen LogP contribution in [0, 0.1) is 6.92 Å². The number of carbonyl (C=O) groups is 1. The number of hydrogen-bond acceptors (Lipinski definition) is 4. The highest BCUT2D eigenvalue weighted by Crippen LogP contribution is 2.24. The average molecular weight is 403 g/mol. The molecule has 7 heteroatoms. The number of aryl methyl sites for hydroxylation is 1. The molecule has 5 nitrogen and oxygen atoms in total. The highest BCUT2D eigenvalue weighted by molar-refractivity contribution is 6.31. The van der Waals surface area contributed by atoms with Gasteiger partial charge in [-0.15, -0.1) is 0 Å². The minimum Gasteiger partial charge on any atom is -0.483 e. The molecule has 0 saturated heterocycles. The topological polar surface area (TPSA) is 63.8 Å². The van der Waals surface area contributed by atoms with E-state index in [1.165, 1.54) is 6.21 Å². The maximum Gasteiger partial charge on any atom is 0.277 e. The number of ether oxygens (including phenoxy) is 1. The van der Waals surface area contributed by atoms with Gasteiger partial charge in [0.15, 0.2) is 6.61 Å². The molecule has 0 aliphatic heterocycles. The Bertz CT molecular complexity index is 983. The Labute approximate surface area is 166 Å². The van der Waals surface area contributed by atoms with Crippen molar-refractivity contribution in [3.05, 3.63) is 76.0 Å². The van der Waals surface area contributed by atoms with Crippen LogP contribution in [0.4, 0.5) is 0 Å². The summed E-state index contributed by atoms with van der Waals surface area (Å²) in [4.78, 5) is 11.8. The molecule has 1 aromatic heterocycles. The van der Waals surface area contributed by atoms with E-state index in [2.05, 4.69) is 10.5 Å². The first kappa shape index (κ1) is 19.0. The van der Waals surface area contributed by atoms with Crippen LogP contribution in [0.5, 0.6) is 5.75 Å². The number of amides is 1. The quantitative estimate of drug-likeness (QED) is 0.461. The largest absolute Gasteiger partial charge is 0.483 e. The zero-order valence-corrected chi connectivity index (χ0v) is 15.9. The second-order valence-electron chi connectivity index (χ2n) is 5.70. The third-order valence-corrected chi connectivity index (χ3v) is 4.08. The fourth-order valence-electron chi connectivity index (χ4n) is 2.34. The second-order valence-corrected chi connectivity index (χ2v) is 6.58. The van der Waals surface area contributed by atoms with Crippen molar-refractivity contribution >= 4 is 35.3 Å². The molecule has 3 rings (SSSR count). The van der Waals surface area contributed by atoms with Crippen molar-refractivity contribution in [3.63, 3.8) is 0 Å². The number of benzene rings is 2. The Balaban J connectivity index is 1.52. The number of nitrogens with one attached hydrogen (secondary N) is 1. The third kappa shape index (κ3) is 5.36. The molecule has 0 saturated carbocycles. The van der Waals surface area contributed by atoms with E-state index >= 15 is 0 Å². The van der Waals surface area contributed by atoms with E-state index in [4.69, 9.17) is 32.4 Å². The first-order valence-corrected chi connectivity index (χ1v) is 8.83. The van der Waals surface area contributed by atoms with Crippen LogP contribution in [0.15, 0.2) is 64.1 Å². The minimum atomic E-state index is -0.387. The molecule has 27 heavy (non-hydrogen) atoms. The number of rotatable bonds is 6. The van der Waals surface area contributed by atoms with E-state index in [0.717, 1.165) is 11.1 Å². The zero-order chi connectivity index (χ0) is 19.2. The summed E-state index contributed by atoms with van der Waals surface area (Å²) in [7, 11) is 0. The minimum absolute atomic E-state index is 0.161. The molecule has 1 amide bonds. The van der Waals surface area contributed by atoms with Crippen LogP contribution < -0.4 is 10.2 Å². The molecule has 0 unspecified atom stereocenters. The monoisotopic (exact) mass is 402 g/mol. The van der Waals surface area contributed by atoms with Crippen LogP contribution in [-0.2, 0) is 4.79 Å². The van der Waals surface area contributed by atoms with Gasteiger partial charge in [0, 0.05) is 15.6 Å². The standard InChI is InChI=1S/C20H16Cl2N2O3/c1-13-9-16(22)5-7-18(13)26-12-20(25)24-23-11-17-6-8-19(27-17)14-3-2-4-15(21)10-14/h2-11H,12H2,1H3,(H,24,25)/b23-11+. The van der Waals surface area contributed by atoms with Gasteiger partial charge in [-0.3, -0.25) is 4.79 Å². The molecule has 0 radical (unpaired) electrons. The summed E-state index contributed by atoms with van der Waals surface area (Å²) < 4.78 is 11.1. The van der Waals surface area contributed by atoms with Gasteiger partial charge in [-0.25, -0.2) is 5.43 Å². The summed E-state index contributed by atoms with van der Waals surface area (Å²) in [5.41, 5.74) is 4.10. The van der Waals surface area contributed by atoms with Crippen LogP contribution >= 0.6 is 23.2 Å². The number of carbonyl (C=O) groups excluding carboxylic acids is 1. The Morgan fingerprint density at radius 2 is 1.96 bits per heavy atom. The first-order valence-electron chi connectivity index (χ1n) is 8.08. The van der Waals surface area contributed by atoms with Crippen LogP contribution in [0.3, 0.4) is 0 Å². The predicted octanol–water partition coefficient (Wildman–Crippen LogP) is 5.09. The van der Waals surface area contributed by atoms with Crippen LogP contribution in [-0.4, -0.2) is 18.7 Å². The summed E-state index contributed by atoms with van der Waals surface area (Å²) in [6.07, 6.45) is 1.42. The van der Waals surface area contributed by atoms with E-state index < -0.39 is 0 Å². The predicted molar refractivity (Wildman–Crippen MR) is 107 cm³/mol. The fraction of sp³-hybridized carbons (Fsp3) is 0.100. The van der Waals surface area contributed by atoms with Crippen molar-refractivity contribution in [2.24, 2.45) is 5.10 Å². The van der Waals surface area contributed by atoms with Crippen LogP contribution in [0.25, 0.3) is 11.3 Å². The van der Waals surface area contributed by atoms with Crippen molar-refractivity contribution in [1.82, 2.24) is 5.43 Å². The summed E-state index contributed by atoms with van der Waals surface area (Å²) in [5, 5.41) is 5.11. The lowest BCUT2D eigenvalue weighted by Crippen LogP contribution is -2.24. The third-order valence-electron chi connectivity index (χ3n) is 3.61. The molecular weight excluding hydrogens is 387 g/mol. The van der Waals surface area contributed by atoms with Gasteiger partial charge in [-0.2, -0.15) is 5.10 Å². The average Bonchev–Trinajstić information content (AvgIpc) is 3.10. The number of halogens is 2. The highest BCUT2D eigenvalue weighted by Gasteiger charge is 2.06. The van der Waals surface area contributed by atoms with Gasteiger partial charge in [0.05, 0.1) is 6.21 Å². The van der Waals surface area contributed by atoms with Crippen LogP contribution in [0.2, 0.25) is 10.0 Å². The summed E-state index contributed by atoms with van der Waals surface area (Å²) in [6, 6.07) is 16.1. The lowest BCUT2D eigenvalue weighted by atomic mass is 10.2. The second kappa shape index (κ2) is 8.75. The Kier molecular flexibility index (Phi) is 6.16. The molecule has 0 bridgehead atoms. The Hall–Kier alpha value is -2.76. The van der Waals surface area contributed by atoms with Crippen molar-refractivity contribution < 1.29 is 13.9 Å². The number of hydrogen-bond donors (Lipinski definition) is 1. The van der Waals surface area contributed by atoms with Gasteiger partial charge in [-0.05, 0) is 55.0 Å². The number of nitrogens with zero attached hydrogens (tertiary/aromatic N) is 1. The van der Waals surface area contributed by atoms with E-state index in [-0.39, 0.29) is 12.5 Å².